The molecule has 0 saturated carbocycles. The van der Waals surface area contributed by atoms with Gasteiger partial charge in [-0.2, -0.15) is 0 Å². The molecule has 0 bridgehead atoms. The van der Waals surface area contributed by atoms with Crippen LogP contribution in [-0.2, 0) is 6.54 Å². The van der Waals surface area contributed by atoms with Gasteiger partial charge in [0, 0.05) is 12.1 Å². The summed E-state index contributed by atoms with van der Waals surface area (Å²) in [4.78, 5) is 10.5. The number of carbonyl (C=O) groups excluding carboxylic acids is 1. The summed E-state index contributed by atoms with van der Waals surface area (Å²) >= 11 is 0. The minimum absolute atomic E-state index is 0.745. The molecule has 0 unspecified atom stereocenters. The van der Waals surface area contributed by atoms with E-state index in [9.17, 15) is 4.79 Å². The van der Waals surface area contributed by atoms with Gasteiger partial charge >= 0.3 is 0 Å². The van der Waals surface area contributed by atoms with E-state index in [1.54, 1.807) is 0 Å². The molecular formula is C11H17NO. The van der Waals surface area contributed by atoms with Gasteiger partial charge in [0.25, 0.3) is 0 Å². The van der Waals surface area contributed by atoms with Crippen LogP contribution in [0.3, 0.4) is 0 Å². The predicted octanol–water partition coefficient (Wildman–Crippen LogP) is 2.24. The molecular weight excluding hydrogens is 162 g/mol. The van der Waals surface area contributed by atoms with Crippen molar-refractivity contribution < 1.29 is 4.79 Å². The Morgan fingerprint density at radius 2 is 1.92 bits per heavy atom. The number of nitrogens with one attached hydrogen (secondary N) is 1. The summed E-state index contributed by atoms with van der Waals surface area (Å²) in [5.41, 5.74) is 1.81. The maximum absolute atomic E-state index is 10.5. The van der Waals surface area contributed by atoms with E-state index in [-0.39, 0.29) is 0 Å². The maximum atomic E-state index is 10.5. The van der Waals surface area contributed by atoms with Crippen LogP contribution in [0.15, 0.2) is 24.3 Å². The van der Waals surface area contributed by atoms with Crippen LogP contribution in [0.5, 0.6) is 0 Å². The molecule has 2 nitrogen and oxygen atoms in total. The normalized spacial score (nSPS) is 8.54. The predicted molar refractivity (Wildman–Crippen MR) is 55.9 cm³/mol. The van der Waals surface area contributed by atoms with Crippen LogP contribution in [0, 0.1) is 0 Å². The van der Waals surface area contributed by atoms with Crippen LogP contribution < -0.4 is 5.32 Å². The molecule has 1 aromatic rings. The zero-order valence-electron chi connectivity index (χ0n) is 8.50. The number of benzene rings is 1. The fourth-order valence-corrected chi connectivity index (χ4v) is 1.00. The molecule has 2 heteroatoms. The first-order valence-corrected chi connectivity index (χ1v) is 4.56. The summed E-state index contributed by atoms with van der Waals surface area (Å²) in [6.45, 7) is 4.74. The van der Waals surface area contributed by atoms with Crippen molar-refractivity contribution in [2.45, 2.75) is 20.4 Å². The fraction of sp³-hybridized carbons (Fsp3) is 0.364. The lowest BCUT2D eigenvalue weighted by Crippen LogP contribution is -2.07. The van der Waals surface area contributed by atoms with Gasteiger partial charge < -0.3 is 5.32 Å². The van der Waals surface area contributed by atoms with Gasteiger partial charge in [0.2, 0.25) is 0 Å². The standard InChI is InChI=1S/C9H11NO.C2H6/c1-10-6-8-4-2-3-5-9(8)7-11;1-2/h2-5,7,10H,6H2,1H3;1-2H3. The van der Waals surface area contributed by atoms with Crippen molar-refractivity contribution in [1.29, 1.82) is 0 Å². The second kappa shape index (κ2) is 7.50. The Kier molecular flexibility index (Phi) is 6.83. The van der Waals surface area contributed by atoms with E-state index >= 15 is 0 Å². The smallest absolute Gasteiger partial charge is 0.150 e. The summed E-state index contributed by atoms with van der Waals surface area (Å²) in [6, 6.07) is 7.56. The molecule has 13 heavy (non-hydrogen) atoms. The second-order valence-corrected chi connectivity index (χ2v) is 2.35. The first kappa shape index (κ1) is 11.8. The van der Waals surface area contributed by atoms with Crippen molar-refractivity contribution in [3.05, 3.63) is 35.4 Å². The number of hydrogen-bond acceptors (Lipinski definition) is 2. The van der Waals surface area contributed by atoms with Gasteiger partial charge in [0.1, 0.15) is 6.29 Å². The SMILES string of the molecule is CC.CNCc1ccccc1C=O. The summed E-state index contributed by atoms with van der Waals surface area (Å²) in [5.74, 6) is 0. The molecule has 0 radical (unpaired) electrons. The van der Waals surface area contributed by atoms with Gasteiger partial charge in [-0.25, -0.2) is 0 Å². The van der Waals surface area contributed by atoms with Crippen LogP contribution >= 0.6 is 0 Å². The Labute approximate surface area is 80.0 Å². The molecule has 0 spiro atoms. The number of rotatable bonds is 3. The van der Waals surface area contributed by atoms with E-state index in [0.717, 1.165) is 24.0 Å². The topological polar surface area (TPSA) is 29.1 Å². The highest BCUT2D eigenvalue weighted by atomic mass is 16.1. The van der Waals surface area contributed by atoms with Crippen molar-refractivity contribution in [3.63, 3.8) is 0 Å². The summed E-state index contributed by atoms with van der Waals surface area (Å²) in [7, 11) is 1.86. The van der Waals surface area contributed by atoms with Crippen molar-refractivity contribution in [2.75, 3.05) is 7.05 Å². The Balaban J connectivity index is 0.000000671. The number of aldehydes is 1. The average Bonchev–Trinajstić information content (AvgIpc) is 2.22. The second-order valence-electron chi connectivity index (χ2n) is 2.35. The first-order valence-electron chi connectivity index (χ1n) is 4.56. The van der Waals surface area contributed by atoms with E-state index < -0.39 is 0 Å². The van der Waals surface area contributed by atoms with Crippen LogP contribution in [0.1, 0.15) is 29.8 Å². The monoisotopic (exact) mass is 179 g/mol. The van der Waals surface area contributed by atoms with Gasteiger partial charge in [0.05, 0.1) is 0 Å². The molecule has 1 aromatic carbocycles. The number of carbonyl (C=O) groups is 1. The van der Waals surface area contributed by atoms with Gasteiger partial charge in [-0.1, -0.05) is 38.1 Å². The zero-order chi connectivity index (χ0) is 10.1. The Bertz CT molecular complexity index is 246. The van der Waals surface area contributed by atoms with Crippen molar-refractivity contribution in [1.82, 2.24) is 5.32 Å². The highest BCUT2D eigenvalue weighted by molar-refractivity contribution is 5.77. The lowest BCUT2D eigenvalue weighted by Gasteiger charge is -2.01. The molecule has 0 atom stereocenters. The van der Waals surface area contributed by atoms with Crippen LogP contribution in [-0.4, -0.2) is 13.3 Å². The quantitative estimate of drug-likeness (QED) is 0.721. The summed E-state index contributed by atoms with van der Waals surface area (Å²) < 4.78 is 0. The summed E-state index contributed by atoms with van der Waals surface area (Å²) in [5, 5.41) is 3.00. The first-order chi connectivity index (χ1) is 6.38. The number of hydrogen-bond donors (Lipinski definition) is 1. The van der Waals surface area contributed by atoms with Crippen molar-refractivity contribution in [2.24, 2.45) is 0 Å². The minimum Gasteiger partial charge on any atom is -0.316 e. The molecule has 0 saturated heterocycles. The van der Waals surface area contributed by atoms with Crippen LogP contribution in [0.25, 0.3) is 0 Å². The Morgan fingerprint density at radius 1 is 1.31 bits per heavy atom. The molecule has 0 aliphatic carbocycles. The molecule has 0 heterocycles. The molecule has 0 aromatic heterocycles. The Morgan fingerprint density at radius 3 is 2.46 bits per heavy atom. The van der Waals surface area contributed by atoms with Crippen molar-refractivity contribution in [3.8, 4) is 0 Å². The highest BCUT2D eigenvalue weighted by Crippen LogP contribution is 2.04. The molecule has 0 amide bonds. The van der Waals surface area contributed by atoms with Crippen LogP contribution in [0.2, 0.25) is 0 Å². The maximum Gasteiger partial charge on any atom is 0.150 e. The highest BCUT2D eigenvalue weighted by Gasteiger charge is 1.96. The molecule has 0 aliphatic heterocycles. The third-order valence-corrected chi connectivity index (χ3v) is 1.55. The van der Waals surface area contributed by atoms with Gasteiger partial charge in [-0.15, -0.1) is 0 Å². The third kappa shape index (κ3) is 3.85. The lowest BCUT2D eigenvalue weighted by molar-refractivity contribution is 0.112. The fourth-order valence-electron chi connectivity index (χ4n) is 1.00. The van der Waals surface area contributed by atoms with E-state index in [1.165, 1.54) is 0 Å². The minimum atomic E-state index is 0.745. The van der Waals surface area contributed by atoms with E-state index in [1.807, 2.05) is 45.2 Å². The summed E-state index contributed by atoms with van der Waals surface area (Å²) in [6.07, 6.45) is 0.882. The van der Waals surface area contributed by atoms with E-state index in [4.69, 9.17) is 0 Å². The van der Waals surface area contributed by atoms with Gasteiger partial charge in [-0.3, -0.25) is 4.79 Å². The molecule has 1 rings (SSSR count). The molecule has 0 fully saturated rings. The molecule has 0 aliphatic rings. The molecule has 1 N–H and O–H groups in total. The van der Waals surface area contributed by atoms with E-state index in [0.29, 0.717) is 0 Å². The third-order valence-electron chi connectivity index (χ3n) is 1.55. The van der Waals surface area contributed by atoms with Gasteiger partial charge in [0.15, 0.2) is 0 Å². The average molecular weight is 179 g/mol. The van der Waals surface area contributed by atoms with Crippen LogP contribution in [0.4, 0.5) is 0 Å². The Hall–Kier alpha value is -1.15. The van der Waals surface area contributed by atoms with Gasteiger partial charge in [-0.05, 0) is 12.6 Å². The lowest BCUT2D eigenvalue weighted by atomic mass is 10.1. The van der Waals surface area contributed by atoms with Crippen molar-refractivity contribution >= 4 is 6.29 Å². The molecule has 72 valence electrons. The van der Waals surface area contributed by atoms with E-state index in [2.05, 4.69) is 5.32 Å². The zero-order valence-corrected chi connectivity index (χ0v) is 8.50. The largest absolute Gasteiger partial charge is 0.316 e.